The smallest absolute Gasteiger partial charge is 0.244 e. The van der Waals surface area contributed by atoms with Gasteiger partial charge in [0.25, 0.3) is 0 Å². The normalized spacial score (nSPS) is 20.8. The van der Waals surface area contributed by atoms with E-state index in [1.165, 1.54) is 16.1 Å². The predicted molar refractivity (Wildman–Crippen MR) is 104 cm³/mol. The Morgan fingerprint density at radius 2 is 1.85 bits per heavy atom. The van der Waals surface area contributed by atoms with E-state index >= 15 is 0 Å². The number of rotatable bonds is 4. The van der Waals surface area contributed by atoms with Crippen LogP contribution in [0.3, 0.4) is 0 Å². The molecule has 2 heterocycles. The zero-order valence-electron chi connectivity index (χ0n) is 15.9. The molecular formula is C19H29N3O3S. The number of amides is 1. The Bertz CT molecular complexity index is 757. The maximum atomic E-state index is 13.1. The van der Waals surface area contributed by atoms with E-state index in [9.17, 15) is 13.2 Å². The van der Waals surface area contributed by atoms with Gasteiger partial charge in [-0.15, -0.1) is 0 Å². The van der Waals surface area contributed by atoms with Gasteiger partial charge in [0.2, 0.25) is 15.9 Å². The van der Waals surface area contributed by atoms with Crippen LogP contribution in [0, 0.1) is 0 Å². The van der Waals surface area contributed by atoms with Crippen molar-refractivity contribution in [2.24, 2.45) is 0 Å². The molecule has 1 saturated heterocycles. The van der Waals surface area contributed by atoms with Crippen molar-refractivity contribution in [2.45, 2.75) is 44.7 Å². The lowest BCUT2D eigenvalue weighted by molar-refractivity contribution is -0.123. The molecule has 1 aromatic carbocycles. The molecule has 1 aromatic rings. The minimum atomic E-state index is -3.17. The second kappa shape index (κ2) is 7.66. The van der Waals surface area contributed by atoms with Gasteiger partial charge in [0, 0.05) is 38.4 Å². The van der Waals surface area contributed by atoms with Crippen molar-refractivity contribution in [1.82, 2.24) is 9.21 Å². The van der Waals surface area contributed by atoms with Crippen LogP contribution in [0.2, 0.25) is 0 Å². The predicted octanol–water partition coefficient (Wildman–Crippen LogP) is 1.71. The molecule has 0 aliphatic carbocycles. The molecule has 3 rings (SSSR count). The highest BCUT2D eigenvalue weighted by Crippen LogP contribution is 2.28. The molecular weight excluding hydrogens is 350 g/mol. The van der Waals surface area contributed by atoms with Crippen molar-refractivity contribution in [3.05, 3.63) is 29.8 Å². The summed E-state index contributed by atoms with van der Waals surface area (Å²) >= 11 is 0. The monoisotopic (exact) mass is 379 g/mol. The fourth-order valence-corrected chi connectivity index (χ4v) is 4.80. The molecule has 26 heavy (non-hydrogen) atoms. The molecule has 0 N–H and O–H groups in total. The number of piperidine rings is 1. The minimum absolute atomic E-state index is 0.0271. The molecule has 1 fully saturated rings. The van der Waals surface area contributed by atoms with Crippen LogP contribution >= 0.6 is 0 Å². The lowest BCUT2D eigenvalue weighted by Gasteiger charge is -2.40. The molecule has 2 aliphatic heterocycles. The van der Waals surface area contributed by atoms with E-state index in [-0.39, 0.29) is 18.0 Å². The summed E-state index contributed by atoms with van der Waals surface area (Å²) in [5.74, 6) is 0.145. The molecule has 0 spiro atoms. The number of anilines is 1. The fraction of sp³-hybridized carbons (Fsp3) is 0.632. The van der Waals surface area contributed by atoms with Crippen molar-refractivity contribution in [3.63, 3.8) is 0 Å². The Labute approximate surface area is 156 Å². The van der Waals surface area contributed by atoms with E-state index in [1.807, 2.05) is 30.0 Å². The van der Waals surface area contributed by atoms with E-state index in [0.717, 1.165) is 51.0 Å². The molecule has 0 aromatic heterocycles. The van der Waals surface area contributed by atoms with Gasteiger partial charge in [-0.3, -0.25) is 9.69 Å². The maximum absolute atomic E-state index is 13.1. The highest BCUT2D eigenvalue weighted by molar-refractivity contribution is 7.88. The first-order valence-electron chi connectivity index (χ1n) is 9.35. The van der Waals surface area contributed by atoms with E-state index in [1.54, 1.807) is 7.05 Å². The van der Waals surface area contributed by atoms with Crippen LogP contribution in [0.1, 0.15) is 31.7 Å². The van der Waals surface area contributed by atoms with Gasteiger partial charge in [-0.05, 0) is 44.2 Å². The summed E-state index contributed by atoms with van der Waals surface area (Å²) < 4.78 is 24.9. The molecule has 0 radical (unpaired) electrons. The summed E-state index contributed by atoms with van der Waals surface area (Å²) in [4.78, 5) is 17.2. The summed E-state index contributed by atoms with van der Waals surface area (Å²) in [6.07, 6.45) is 4.79. The third kappa shape index (κ3) is 3.94. The van der Waals surface area contributed by atoms with E-state index in [2.05, 4.69) is 11.0 Å². The number of hydrogen-bond donors (Lipinski definition) is 0. The first-order valence-corrected chi connectivity index (χ1v) is 11.2. The highest BCUT2D eigenvalue weighted by atomic mass is 32.2. The Balaban J connectivity index is 1.64. The summed E-state index contributed by atoms with van der Waals surface area (Å²) in [7, 11) is -1.52. The summed E-state index contributed by atoms with van der Waals surface area (Å²) in [6, 6.07) is 7.99. The van der Waals surface area contributed by atoms with E-state index < -0.39 is 10.0 Å². The molecule has 2 aliphatic rings. The standard InChI is InChI=1S/C19H29N3O3S/c1-15(21-13-10-17(11-14-21)20(2)26(3,24)25)19(23)22-12-6-8-16-7-4-5-9-18(16)22/h4-5,7,9,15,17H,6,8,10-14H2,1-3H3. The van der Waals surface area contributed by atoms with Crippen LogP contribution in [0.25, 0.3) is 0 Å². The van der Waals surface area contributed by atoms with Gasteiger partial charge < -0.3 is 4.90 Å². The van der Waals surface area contributed by atoms with Gasteiger partial charge in [-0.2, -0.15) is 0 Å². The second-order valence-electron chi connectivity index (χ2n) is 7.44. The Kier molecular flexibility index (Phi) is 5.69. The topological polar surface area (TPSA) is 60.9 Å². The van der Waals surface area contributed by atoms with Gasteiger partial charge >= 0.3 is 0 Å². The lowest BCUT2D eigenvalue weighted by atomic mass is 10.00. The first kappa shape index (κ1) is 19.3. The zero-order valence-corrected chi connectivity index (χ0v) is 16.7. The molecule has 1 amide bonds. The number of carbonyl (C=O) groups is 1. The third-order valence-corrected chi connectivity index (χ3v) is 7.16. The number of likely N-dealkylation sites (tertiary alicyclic amines) is 1. The van der Waals surface area contributed by atoms with E-state index in [4.69, 9.17) is 0 Å². The molecule has 6 nitrogen and oxygen atoms in total. The zero-order chi connectivity index (χ0) is 18.9. The van der Waals surface area contributed by atoms with Gasteiger partial charge in [0.15, 0.2) is 0 Å². The van der Waals surface area contributed by atoms with Crippen molar-refractivity contribution < 1.29 is 13.2 Å². The largest absolute Gasteiger partial charge is 0.311 e. The van der Waals surface area contributed by atoms with Crippen molar-refractivity contribution in [3.8, 4) is 0 Å². The summed E-state index contributed by atoms with van der Waals surface area (Å²) in [6.45, 7) is 4.23. The first-order chi connectivity index (χ1) is 12.3. The number of carbonyl (C=O) groups excluding carboxylic acids is 1. The Hall–Kier alpha value is -1.44. The maximum Gasteiger partial charge on any atom is 0.244 e. The van der Waals surface area contributed by atoms with Crippen LogP contribution in [0.15, 0.2) is 24.3 Å². The Morgan fingerprint density at radius 1 is 1.19 bits per heavy atom. The number of hydrogen-bond acceptors (Lipinski definition) is 4. The lowest BCUT2D eigenvalue weighted by Crippen LogP contribution is -2.53. The molecule has 0 saturated carbocycles. The number of aryl methyl sites for hydroxylation is 1. The van der Waals surface area contributed by atoms with E-state index in [0.29, 0.717) is 0 Å². The Morgan fingerprint density at radius 3 is 2.50 bits per heavy atom. The number of fused-ring (bicyclic) bond motifs is 1. The van der Waals surface area contributed by atoms with Crippen LogP contribution in [0.4, 0.5) is 5.69 Å². The number of sulfonamides is 1. The quantitative estimate of drug-likeness (QED) is 0.799. The van der Waals surface area contributed by atoms with Gasteiger partial charge in [-0.1, -0.05) is 18.2 Å². The van der Waals surface area contributed by atoms with Gasteiger partial charge in [0.1, 0.15) is 0 Å². The van der Waals surface area contributed by atoms with Crippen molar-refractivity contribution >= 4 is 21.6 Å². The molecule has 1 unspecified atom stereocenters. The SMILES string of the molecule is CC(C(=O)N1CCCc2ccccc21)N1CCC(N(C)S(C)(=O)=O)CC1. The summed E-state index contributed by atoms with van der Waals surface area (Å²) in [5, 5.41) is 0. The van der Waals surface area contributed by atoms with Crippen molar-refractivity contribution in [1.29, 1.82) is 0 Å². The molecule has 0 bridgehead atoms. The van der Waals surface area contributed by atoms with Crippen LogP contribution in [0.5, 0.6) is 0 Å². The number of benzene rings is 1. The second-order valence-corrected chi connectivity index (χ2v) is 9.49. The molecule has 7 heteroatoms. The van der Waals surface area contributed by atoms with Gasteiger partial charge in [-0.25, -0.2) is 12.7 Å². The third-order valence-electron chi connectivity index (χ3n) is 5.82. The summed E-state index contributed by atoms with van der Waals surface area (Å²) in [5.41, 5.74) is 2.29. The highest BCUT2D eigenvalue weighted by Gasteiger charge is 2.33. The minimum Gasteiger partial charge on any atom is -0.311 e. The van der Waals surface area contributed by atoms with Gasteiger partial charge in [0.05, 0.1) is 12.3 Å². The molecule has 1 atom stereocenters. The van der Waals surface area contributed by atoms with Crippen LogP contribution in [-0.4, -0.2) is 68.6 Å². The van der Waals surface area contributed by atoms with Crippen LogP contribution in [-0.2, 0) is 21.2 Å². The van der Waals surface area contributed by atoms with Crippen molar-refractivity contribution in [2.75, 3.05) is 37.8 Å². The average Bonchev–Trinajstić information content (AvgIpc) is 2.65. The van der Waals surface area contributed by atoms with Crippen LogP contribution < -0.4 is 4.90 Å². The average molecular weight is 380 g/mol. The number of nitrogens with zero attached hydrogens (tertiary/aromatic N) is 3. The number of para-hydroxylation sites is 1. The fourth-order valence-electron chi connectivity index (χ4n) is 4.05. The molecule has 144 valence electrons.